The number of ether oxygens (including phenoxy) is 1. The number of halogens is 2. The average Bonchev–Trinajstić information content (AvgIpc) is 2.39. The van der Waals surface area contributed by atoms with Crippen LogP contribution < -0.4 is 10.1 Å². The van der Waals surface area contributed by atoms with E-state index in [2.05, 4.69) is 37.2 Å². The summed E-state index contributed by atoms with van der Waals surface area (Å²) in [6.07, 6.45) is 0.319. The van der Waals surface area contributed by atoms with Gasteiger partial charge in [-0.2, -0.15) is 0 Å². The van der Waals surface area contributed by atoms with Crippen molar-refractivity contribution < 1.29 is 9.53 Å². The Morgan fingerprint density at radius 1 is 1.33 bits per heavy atom. The van der Waals surface area contributed by atoms with Crippen LogP contribution in [-0.2, 0) is 11.2 Å². The van der Waals surface area contributed by atoms with Crippen molar-refractivity contribution in [2.75, 3.05) is 17.8 Å². The molecule has 5 heteroatoms. The molecule has 1 aromatic rings. The predicted octanol–water partition coefficient (Wildman–Crippen LogP) is 2.90. The Morgan fingerprint density at radius 3 is 2.50 bits per heavy atom. The normalized spacial score (nSPS) is 11.1. The molecule has 0 aliphatic carbocycles. The summed E-state index contributed by atoms with van der Waals surface area (Å²) in [5, 5.41) is 4.40. The fourth-order valence-electron chi connectivity index (χ4n) is 1.51. The van der Waals surface area contributed by atoms with Crippen molar-refractivity contribution in [3.63, 3.8) is 0 Å². The monoisotopic (exact) mass is 377 g/mol. The van der Waals surface area contributed by atoms with Gasteiger partial charge in [-0.3, -0.25) is 4.79 Å². The van der Waals surface area contributed by atoms with Crippen LogP contribution in [-0.4, -0.2) is 29.2 Å². The second kappa shape index (κ2) is 7.14. The topological polar surface area (TPSA) is 38.3 Å². The Hall–Kier alpha value is -0.550. The number of hydrogen-bond acceptors (Lipinski definition) is 2. The fourth-order valence-corrected chi connectivity index (χ4v) is 2.71. The molecule has 1 rings (SSSR count). The van der Waals surface area contributed by atoms with Gasteiger partial charge in [-0.05, 0) is 13.0 Å². The number of carbonyl (C=O) groups is 1. The van der Waals surface area contributed by atoms with Gasteiger partial charge in [0.15, 0.2) is 0 Å². The highest BCUT2D eigenvalue weighted by Crippen LogP contribution is 2.18. The first-order chi connectivity index (χ1) is 8.54. The minimum Gasteiger partial charge on any atom is -0.496 e. The zero-order valence-electron chi connectivity index (χ0n) is 10.5. The van der Waals surface area contributed by atoms with E-state index in [9.17, 15) is 4.79 Å². The van der Waals surface area contributed by atoms with Crippen LogP contribution in [0.25, 0.3) is 0 Å². The molecule has 1 aromatic carbocycles. The molecule has 0 spiro atoms. The minimum absolute atomic E-state index is 0.0131. The van der Waals surface area contributed by atoms with Crippen molar-refractivity contribution >= 4 is 37.8 Å². The van der Waals surface area contributed by atoms with Gasteiger partial charge in [0, 0.05) is 16.2 Å². The third-order valence-electron chi connectivity index (χ3n) is 2.57. The largest absolute Gasteiger partial charge is 0.496 e. The van der Waals surface area contributed by atoms with Crippen LogP contribution in [0.15, 0.2) is 24.3 Å². The van der Waals surface area contributed by atoms with Gasteiger partial charge in [-0.15, -0.1) is 0 Å². The second-order valence-electron chi connectivity index (χ2n) is 4.36. The number of rotatable bonds is 6. The van der Waals surface area contributed by atoms with Crippen LogP contribution in [0.4, 0.5) is 0 Å². The third kappa shape index (κ3) is 4.28. The van der Waals surface area contributed by atoms with Gasteiger partial charge in [-0.1, -0.05) is 50.1 Å². The lowest BCUT2D eigenvalue weighted by atomic mass is 10.1. The molecule has 18 heavy (non-hydrogen) atoms. The molecule has 0 unspecified atom stereocenters. The smallest absolute Gasteiger partial charge is 0.225 e. The molecule has 0 radical (unpaired) electrons. The first-order valence-corrected chi connectivity index (χ1v) is 7.84. The van der Waals surface area contributed by atoms with E-state index in [1.165, 1.54) is 0 Å². The molecule has 100 valence electrons. The Kier molecular flexibility index (Phi) is 6.15. The first kappa shape index (κ1) is 15.5. The highest BCUT2D eigenvalue weighted by atomic mass is 79.9. The molecule has 0 atom stereocenters. The van der Waals surface area contributed by atoms with Crippen LogP contribution in [0, 0.1) is 0 Å². The molecular weight excluding hydrogens is 362 g/mol. The lowest BCUT2D eigenvalue weighted by Gasteiger charge is -2.26. The van der Waals surface area contributed by atoms with Gasteiger partial charge < -0.3 is 10.1 Å². The van der Waals surface area contributed by atoms with E-state index in [0.717, 1.165) is 11.3 Å². The van der Waals surface area contributed by atoms with Gasteiger partial charge in [0.1, 0.15) is 5.75 Å². The number of methoxy groups -OCH3 is 1. The summed E-state index contributed by atoms with van der Waals surface area (Å²) in [6.45, 7) is 1.98. The Morgan fingerprint density at radius 2 is 1.94 bits per heavy atom. The number of benzene rings is 1. The van der Waals surface area contributed by atoms with Crippen LogP contribution in [0.3, 0.4) is 0 Å². The number of nitrogens with one attached hydrogen (secondary N) is 1. The van der Waals surface area contributed by atoms with Gasteiger partial charge in [0.05, 0.1) is 19.1 Å². The summed E-state index contributed by atoms with van der Waals surface area (Å²) < 4.78 is 5.23. The van der Waals surface area contributed by atoms with Crippen molar-refractivity contribution in [2.45, 2.75) is 18.9 Å². The van der Waals surface area contributed by atoms with E-state index in [4.69, 9.17) is 4.74 Å². The maximum absolute atomic E-state index is 12.0. The Balaban J connectivity index is 2.70. The van der Waals surface area contributed by atoms with Crippen molar-refractivity contribution in [3.8, 4) is 5.75 Å². The molecule has 1 N–H and O–H groups in total. The van der Waals surface area contributed by atoms with Crippen LogP contribution in [0.1, 0.15) is 12.5 Å². The number of amides is 1. The number of hydrogen-bond donors (Lipinski definition) is 1. The molecule has 0 fully saturated rings. The summed E-state index contributed by atoms with van der Waals surface area (Å²) >= 11 is 6.81. The zero-order chi connectivity index (χ0) is 13.6. The quantitative estimate of drug-likeness (QED) is 0.773. The van der Waals surface area contributed by atoms with E-state index in [0.29, 0.717) is 17.1 Å². The maximum atomic E-state index is 12.0. The van der Waals surface area contributed by atoms with Crippen LogP contribution >= 0.6 is 31.9 Å². The number of alkyl halides is 2. The first-order valence-electron chi connectivity index (χ1n) is 5.59. The van der Waals surface area contributed by atoms with Crippen LogP contribution in [0.5, 0.6) is 5.75 Å². The highest BCUT2D eigenvalue weighted by molar-refractivity contribution is 9.09. The van der Waals surface area contributed by atoms with Crippen LogP contribution in [0.2, 0.25) is 0 Å². The van der Waals surface area contributed by atoms with E-state index < -0.39 is 0 Å². The lowest BCUT2D eigenvalue weighted by molar-refractivity contribution is -0.121. The SMILES string of the molecule is COc1ccccc1CC(=O)NC(C)(CBr)CBr. The Labute approximate surface area is 125 Å². The summed E-state index contributed by atoms with van der Waals surface area (Å²) in [6, 6.07) is 7.55. The second-order valence-corrected chi connectivity index (χ2v) is 5.49. The van der Waals surface area contributed by atoms with Crippen molar-refractivity contribution in [1.82, 2.24) is 5.32 Å². The highest BCUT2D eigenvalue weighted by Gasteiger charge is 2.24. The van der Waals surface area contributed by atoms with E-state index in [1.807, 2.05) is 31.2 Å². The average molecular weight is 379 g/mol. The zero-order valence-corrected chi connectivity index (χ0v) is 13.7. The van der Waals surface area contributed by atoms with Gasteiger partial charge in [-0.25, -0.2) is 0 Å². The van der Waals surface area contributed by atoms with E-state index >= 15 is 0 Å². The predicted molar refractivity (Wildman–Crippen MR) is 80.8 cm³/mol. The molecular formula is C13H17Br2NO2. The van der Waals surface area contributed by atoms with Gasteiger partial charge in [0.25, 0.3) is 0 Å². The van der Waals surface area contributed by atoms with Crippen molar-refractivity contribution in [2.24, 2.45) is 0 Å². The summed E-state index contributed by atoms with van der Waals surface area (Å²) in [7, 11) is 1.61. The molecule has 0 aromatic heterocycles. The fraction of sp³-hybridized carbons (Fsp3) is 0.462. The number of para-hydroxylation sites is 1. The molecule has 3 nitrogen and oxygen atoms in total. The summed E-state index contributed by atoms with van der Waals surface area (Å²) in [4.78, 5) is 12.0. The molecule has 0 saturated carbocycles. The van der Waals surface area contributed by atoms with Gasteiger partial charge in [0.2, 0.25) is 5.91 Å². The lowest BCUT2D eigenvalue weighted by Crippen LogP contribution is -2.49. The summed E-state index contributed by atoms with van der Waals surface area (Å²) in [5.74, 6) is 0.730. The third-order valence-corrected chi connectivity index (χ3v) is 5.05. The van der Waals surface area contributed by atoms with E-state index in [-0.39, 0.29) is 11.4 Å². The molecule has 0 aliphatic rings. The van der Waals surface area contributed by atoms with Crippen molar-refractivity contribution in [3.05, 3.63) is 29.8 Å². The Bertz CT molecular complexity index is 406. The minimum atomic E-state index is -0.279. The molecule has 1 amide bonds. The molecule has 0 saturated heterocycles. The maximum Gasteiger partial charge on any atom is 0.225 e. The molecule has 0 heterocycles. The summed E-state index contributed by atoms with van der Waals surface area (Å²) in [5.41, 5.74) is 0.614. The van der Waals surface area contributed by atoms with Crippen molar-refractivity contribution in [1.29, 1.82) is 0 Å². The van der Waals surface area contributed by atoms with E-state index in [1.54, 1.807) is 7.11 Å². The molecule has 0 bridgehead atoms. The van der Waals surface area contributed by atoms with Gasteiger partial charge >= 0.3 is 0 Å². The number of carbonyl (C=O) groups excluding carboxylic acids is 1. The molecule has 0 aliphatic heterocycles. The standard InChI is InChI=1S/C13H17Br2NO2/c1-13(8-14,9-15)16-12(17)7-10-5-3-4-6-11(10)18-2/h3-6H,7-9H2,1-2H3,(H,16,17).